The predicted molar refractivity (Wildman–Crippen MR) is 97.7 cm³/mol. The van der Waals surface area contributed by atoms with Crippen LogP contribution in [0.1, 0.15) is 37.7 Å². The molecule has 0 aromatic carbocycles. The zero-order valence-electron chi connectivity index (χ0n) is 15.3. The maximum absolute atomic E-state index is 12.3. The van der Waals surface area contributed by atoms with Gasteiger partial charge in [0.2, 0.25) is 11.8 Å². The number of nitrogens with zero attached hydrogens (tertiary/aromatic N) is 2. The van der Waals surface area contributed by atoms with Crippen LogP contribution in [0.15, 0.2) is 24.5 Å². The van der Waals surface area contributed by atoms with Crippen molar-refractivity contribution in [1.82, 2.24) is 20.5 Å². The van der Waals surface area contributed by atoms with Crippen molar-refractivity contribution >= 4 is 11.8 Å². The lowest BCUT2D eigenvalue weighted by molar-refractivity contribution is -0.130. The van der Waals surface area contributed by atoms with E-state index >= 15 is 0 Å². The third-order valence-electron chi connectivity index (χ3n) is 4.77. The maximum Gasteiger partial charge on any atom is 0.223 e. The summed E-state index contributed by atoms with van der Waals surface area (Å²) in [7, 11) is 4.06. The fraction of sp³-hybridized carbons (Fsp3) is 0.632. The first kappa shape index (κ1) is 19.4. The van der Waals surface area contributed by atoms with E-state index in [0.29, 0.717) is 6.54 Å². The molecule has 0 atom stereocenters. The fourth-order valence-corrected chi connectivity index (χ4v) is 3.20. The Kier molecular flexibility index (Phi) is 7.85. The molecule has 2 N–H and O–H groups in total. The SMILES string of the molecule is CN(C)CCCNC(=O)C1CCC(C(=O)NCc2ccncc2)CC1. The topological polar surface area (TPSA) is 74.3 Å². The number of aromatic nitrogens is 1. The minimum absolute atomic E-state index is 0.0274. The molecule has 0 radical (unpaired) electrons. The van der Waals surface area contributed by atoms with Gasteiger partial charge in [0.1, 0.15) is 0 Å². The number of hydrogen-bond donors (Lipinski definition) is 2. The normalized spacial score (nSPS) is 20.3. The van der Waals surface area contributed by atoms with Crippen LogP contribution in [0.25, 0.3) is 0 Å². The highest BCUT2D eigenvalue weighted by atomic mass is 16.2. The molecule has 1 fully saturated rings. The van der Waals surface area contributed by atoms with Gasteiger partial charge in [-0.1, -0.05) is 0 Å². The molecule has 2 rings (SSSR count). The first-order valence-electron chi connectivity index (χ1n) is 9.15. The summed E-state index contributed by atoms with van der Waals surface area (Å²) in [6.45, 7) is 2.24. The van der Waals surface area contributed by atoms with Crippen molar-refractivity contribution in [2.24, 2.45) is 11.8 Å². The highest BCUT2D eigenvalue weighted by Crippen LogP contribution is 2.29. The molecule has 138 valence electrons. The smallest absolute Gasteiger partial charge is 0.223 e. The van der Waals surface area contributed by atoms with Crippen LogP contribution >= 0.6 is 0 Å². The minimum Gasteiger partial charge on any atom is -0.356 e. The van der Waals surface area contributed by atoms with Crippen molar-refractivity contribution in [3.05, 3.63) is 30.1 Å². The molecular weight excluding hydrogens is 316 g/mol. The molecular formula is C19H30N4O2. The number of hydrogen-bond acceptors (Lipinski definition) is 4. The van der Waals surface area contributed by atoms with Gasteiger partial charge >= 0.3 is 0 Å². The van der Waals surface area contributed by atoms with Crippen LogP contribution in [0.4, 0.5) is 0 Å². The number of amides is 2. The van der Waals surface area contributed by atoms with Crippen molar-refractivity contribution in [1.29, 1.82) is 0 Å². The predicted octanol–water partition coefficient (Wildman–Crippen LogP) is 1.57. The number of pyridine rings is 1. The van der Waals surface area contributed by atoms with Crippen molar-refractivity contribution in [3.8, 4) is 0 Å². The van der Waals surface area contributed by atoms with Crippen LogP contribution in [0.3, 0.4) is 0 Å². The Balaban J connectivity index is 1.64. The number of carbonyl (C=O) groups is 2. The number of carbonyl (C=O) groups excluding carboxylic acids is 2. The summed E-state index contributed by atoms with van der Waals surface area (Å²) in [5.74, 6) is 0.333. The molecule has 1 saturated carbocycles. The Labute approximate surface area is 150 Å². The lowest BCUT2D eigenvalue weighted by Crippen LogP contribution is -2.38. The van der Waals surface area contributed by atoms with E-state index in [1.54, 1.807) is 12.4 Å². The second-order valence-corrected chi connectivity index (χ2v) is 7.07. The van der Waals surface area contributed by atoms with E-state index in [2.05, 4.69) is 20.5 Å². The molecule has 0 bridgehead atoms. The number of rotatable bonds is 8. The summed E-state index contributed by atoms with van der Waals surface area (Å²) in [6.07, 6.45) is 7.59. The monoisotopic (exact) mass is 346 g/mol. The zero-order valence-corrected chi connectivity index (χ0v) is 15.3. The standard InChI is InChI=1S/C19H30N4O2/c1-23(2)13-3-10-21-18(24)16-4-6-17(7-5-16)19(25)22-14-15-8-11-20-12-9-15/h8-9,11-12,16-17H,3-7,10,13-14H2,1-2H3,(H,21,24)(H,22,25). The highest BCUT2D eigenvalue weighted by Gasteiger charge is 2.29. The van der Waals surface area contributed by atoms with Gasteiger partial charge in [-0.2, -0.15) is 0 Å². The van der Waals surface area contributed by atoms with Crippen LogP contribution in [0, 0.1) is 11.8 Å². The molecule has 1 aliphatic carbocycles. The van der Waals surface area contributed by atoms with E-state index in [4.69, 9.17) is 0 Å². The van der Waals surface area contributed by atoms with Gasteiger partial charge in [0, 0.05) is 37.3 Å². The molecule has 0 saturated heterocycles. The molecule has 0 aliphatic heterocycles. The van der Waals surface area contributed by atoms with Crippen molar-refractivity contribution in [2.75, 3.05) is 27.2 Å². The number of nitrogens with one attached hydrogen (secondary N) is 2. The van der Waals surface area contributed by atoms with Gasteiger partial charge in [0.25, 0.3) is 0 Å². The van der Waals surface area contributed by atoms with Crippen LogP contribution in [-0.2, 0) is 16.1 Å². The Bertz CT molecular complexity index is 540. The molecule has 1 aromatic heterocycles. The van der Waals surface area contributed by atoms with Crippen molar-refractivity contribution in [2.45, 2.75) is 38.6 Å². The quantitative estimate of drug-likeness (QED) is 0.701. The molecule has 0 spiro atoms. The van der Waals surface area contributed by atoms with E-state index in [9.17, 15) is 9.59 Å². The van der Waals surface area contributed by atoms with Gasteiger partial charge in [-0.05, 0) is 70.4 Å². The van der Waals surface area contributed by atoms with E-state index in [-0.39, 0.29) is 23.7 Å². The molecule has 1 aliphatic rings. The van der Waals surface area contributed by atoms with E-state index in [1.165, 1.54) is 0 Å². The van der Waals surface area contributed by atoms with Crippen LogP contribution < -0.4 is 10.6 Å². The van der Waals surface area contributed by atoms with Gasteiger partial charge in [0.15, 0.2) is 0 Å². The largest absolute Gasteiger partial charge is 0.356 e. The molecule has 6 nitrogen and oxygen atoms in total. The van der Waals surface area contributed by atoms with Gasteiger partial charge < -0.3 is 15.5 Å². The molecule has 0 unspecified atom stereocenters. The average Bonchev–Trinajstić information content (AvgIpc) is 2.64. The lowest BCUT2D eigenvalue weighted by Gasteiger charge is -2.27. The van der Waals surface area contributed by atoms with E-state index in [1.807, 2.05) is 26.2 Å². The Hall–Kier alpha value is -1.95. The van der Waals surface area contributed by atoms with Gasteiger partial charge in [0.05, 0.1) is 0 Å². The first-order chi connectivity index (χ1) is 12.1. The third kappa shape index (κ3) is 6.82. The Morgan fingerprint density at radius 3 is 2.16 bits per heavy atom. The highest BCUT2D eigenvalue weighted by molar-refractivity contribution is 5.81. The zero-order chi connectivity index (χ0) is 18.1. The van der Waals surface area contributed by atoms with Crippen molar-refractivity contribution in [3.63, 3.8) is 0 Å². The average molecular weight is 346 g/mol. The third-order valence-corrected chi connectivity index (χ3v) is 4.77. The Morgan fingerprint density at radius 2 is 1.60 bits per heavy atom. The minimum atomic E-state index is 0.0274. The lowest BCUT2D eigenvalue weighted by atomic mass is 9.81. The summed E-state index contributed by atoms with van der Waals surface area (Å²) < 4.78 is 0. The summed E-state index contributed by atoms with van der Waals surface area (Å²) in [6, 6.07) is 3.80. The molecule has 1 heterocycles. The van der Waals surface area contributed by atoms with Crippen molar-refractivity contribution < 1.29 is 9.59 Å². The second-order valence-electron chi connectivity index (χ2n) is 7.07. The fourth-order valence-electron chi connectivity index (χ4n) is 3.20. The van der Waals surface area contributed by atoms with Crippen LogP contribution in [0.5, 0.6) is 0 Å². The van der Waals surface area contributed by atoms with E-state index < -0.39 is 0 Å². The van der Waals surface area contributed by atoms with Gasteiger partial charge in [-0.25, -0.2) is 0 Å². The van der Waals surface area contributed by atoms with Gasteiger partial charge in [-0.15, -0.1) is 0 Å². The molecule has 1 aromatic rings. The molecule has 25 heavy (non-hydrogen) atoms. The molecule has 2 amide bonds. The van der Waals surface area contributed by atoms with E-state index in [0.717, 1.165) is 50.8 Å². The summed E-state index contributed by atoms with van der Waals surface area (Å²) in [5.41, 5.74) is 1.05. The van der Waals surface area contributed by atoms with Gasteiger partial charge in [-0.3, -0.25) is 14.6 Å². The van der Waals surface area contributed by atoms with Crippen LogP contribution in [-0.4, -0.2) is 48.9 Å². The maximum atomic E-state index is 12.3. The van der Waals surface area contributed by atoms with Crippen LogP contribution in [0.2, 0.25) is 0 Å². The second kappa shape index (κ2) is 10.1. The summed E-state index contributed by atoms with van der Waals surface area (Å²) >= 11 is 0. The Morgan fingerprint density at radius 1 is 1.04 bits per heavy atom. The summed E-state index contributed by atoms with van der Waals surface area (Å²) in [4.78, 5) is 30.6. The first-order valence-corrected chi connectivity index (χ1v) is 9.15. The summed E-state index contributed by atoms with van der Waals surface area (Å²) in [5, 5.41) is 6.02. The molecule has 6 heteroatoms.